The molecule has 0 saturated heterocycles. The Morgan fingerprint density at radius 1 is 0.720 bits per heavy atom. The van der Waals surface area contributed by atoms with Gasteiger partial charge in [-0.3, -0.25) is 0 Å². The molecule has 0 aromatic rings. The molecule has 0 aromatic carbocycles. The number of carbonyl (C=O) groups excluding carboxylic acids is 1. The second-order valence-electron chi connectivity index (χ2n) is 7.15. The summed E-state index contributed by atoms with van der Waals surface area (Å²) in [5.41, 5.74) is 0. The Morgan fingerprint density at radius 2 is 1.04 bits per heavy atom. The number of aliphatic hydroxyl groups excluding tert-OH is 1. The third-order valence-electron chi connectivity index (χ3n) is 4.58. The van der Waals surface area contributed by atoms with E-state index in [4.69, 9.17) is 9.84 Å². The van der Waals surface area contributed by atoms with Crippen LogP contribution in [0.1, 0.15) is 117 Å². The Kier molecular flexibility index (Phi) is 25.4. The molecule has 4 heteroatoms. The minimum atomic E-state index is -0.994. The molecule has 0 bridgehead atoms. The molecule has 0 fully saturated rings. The number of esters is 1. The Bertz CT molecular complexity index is 270. The number of rotatable bonds is 18. The molecule has 1 unspecified atom stereocenters. The quantitative estimate of drug-likeness (QED) is 0.185. The molecule has 0 rings (SSSR count). The molecule has 0 spiro atoms. The van der Waals surface area contributed by atoms with Gasteiger partial charge in [0.15, 0.2) is 0 Å². The zero-order chi connectivity index (χ0) is 17.9. The van der Waals surface area contributed by atoms with Crippen LogP contribution in [0.2, 0.25) is 0 Å². The van der Waals surface area contributed by atoms with Gasteiger partial charge in [-0.05, 0) is 13.3 Å². The molecule has 0 amide bonds. The first kappa shape index (κ1) is 27.9. The molecule has 1 atom stereocenters. The van der Waals surface area contributed by atoms with Crippen LogP contribution in [0.25, 0.3) is 0 Å². The van der Waals surface area contributed by atoms with E-state index < -0.39 is 12.1 Å². The van der Waals surface area contributed by atoms with E-state index in [1.807, 2.05) is 0 Å². The van der Waals surface area contributed by atoms with E-state index in [1.165, 1.54) is 96.8 Å². The molecule has 0 aliphatic rings. The molecule has 0 heterocycles. The summed E-state index contributed by atoms with van der Waals surface area (Å²) in [6, 6.07) is 0. The molecule has 0 aliphatic heterocycles. The van der Waals surface area contributed by atoms with E-state index >= 15 is 0 Å². The Hall–Kier alpha value is 0.690. The summed E-state index contributed by atoms with van der Waals surface area (Å²) >= 11 is 0. The van der Waals surface area contributed by atoms with E-state index in [-0.39, 0.29) is 37.7 Å². The molecule has 0 aromatic heterocycles. The van der Waals surface area contributed by atoms with Crippen LogP contribution < -0.4 is 0 Å². The van der Waals surface area contributed by atoms with Crippen molar-refractivity contribution in [3.8, 4) is 0 Å². The normalized spacial score (nSPS) is 11.8. The van der Waals surface area contributed by atoms with Crippen molar-refractivity contribution in [3.63, 3.8) is 0 Å². The van der Waals surface area contributed by atoms with Crippen LogP contribution in [0, 0.1) is 0 Å². The SMILES string of the molecule is CCCCCCCCCCCCCCCCCCOC(=O)C(C)O.[Ca+2]. The minimum absolute atomic E-state index is 0. The smallest absolute Gasteiger partial charge is 0.464 e. The number of hydrogen-bond donors (Lipinski definition) is 1. The van der Waals surface area contributed by atoms with Crippen LogP contribution in [-0.4, -0.2) is 61.5 Å². The number of carbonyl (C=O) groups is 1. The largest absolute Gasteiger partial charge is 2.00 e. The molecular weight excluding hydrogens is 340 g/mol. The van der Waals surface area contributed by atoms with Crippen molar-refractivity contribution in [1.29, 1.82) is 0 Å². The van der Waals surface area contributed by atoms with Gasteiger partial charge >= 0.3 is 43.7 Å². The summed E-state index contributed by atoms with van der Waals surface area (Å²) in [6.07, 6.45) is 20.4. The second-order valence-corrected chi connectivity index (χ2v) is 7.15. The van der Waals surface area contributed by atoms with Gasteiger partial charge in [0.05, 0.1) is 6.61 Å². The van der Waals surface area contributed by atoms with Crippen molar-refractivity contribution < 1.29 is 14.6 Å². The van der Waals surface area contributed by atoms with Crippen LogP contribution in [0.3, 0.4) is 0 Å². The fourth-order valence-corrected chi connectivity index (χ4v) is 2.94. The van der Waals surface area contributed by atoms with E-state index in [0.29, 0.717) is 6.61 Å². The van der Waals surface area contributed by atoms with Gasteiger partial charge in [-0.25, -0.2) is 4.79 Å². The number of ether oxygens (including phenoxy) is 1. The Labute approximate surface area is 186 Å². The van der Waals surface area contributed by atoms with Gasteiger partial charge in [0, 0.05) is 0 Å². The first-order valence-electron chi connectivity index (χ1n) is 10.5. The van der Waals surface area contributed by atoms with Crippen molar-refractivity contribution in [1.82, 2.24) is 0 Å². The summed E-state index contributed by atoms with van der Waals surface area (Å²) in [4.78, 5) is 11.0. The molecule has 0 aliphatic carbocycles. The maximum atomic E-state index is 11.0. The molecule has 3 nitrogen and oxygen atoms in total. The predicted octanol–water partition coefficient (Wildman–Crippen LogP) is 5.79. The molecule has 0 radical (unpaired) electrons. The summed E-state index contributed by atoms with van der Waals surface area (Å²) in [5, 5.41) is 8.98. The summed E-state index contributed by atoms with van der Waals surface area (Å²) in [6.45, 7) is 4.16. The Morgan fingerprint density at radius 3 is 1.36 bits per heavy atom. The maximum absolute atomic E-state index is 11.0. The summed E-state index contributed by atoms with van der Waals surface area (Å²) in [7, 11) is 0. The molecule has 1 N–H and O–H groups in total. The van der Waals surface area contributed by atoms with Crippen molar-refractivity contribution in [2.75, 3.05) is 6.61 Å². The minimum Gasteiger partial charge on any atom is -0.464 e. The van der Waals surface area contributed by atoms with Crippen molar-refractivity contribution in [2.24, 2.45) is 0 Å². The van der Waals surface area contributed by atoms with Crippen LogP contribution in [0.4, 0.5) is 0 Å². The third kappa shape index (κ3) is 22.6. The monoisotopic (exact) mass is 382 g/mol. The fourth-order valence-electron chi connectivity index (χ4n) is 2.94. The van der Waals surface area contributed by atoms with Gasteiger partial charge in [-0.2, -0.15) is 0 Å². The fraction of sp³-hybridized carbons (Fsp3) is 0.952. The molecule has 25 heavy (non-hydrogen) atoms. The molecule has 144 valence electrons. The number of aliphatic hydroxyl groups is 1. The topological polar surface area (TPSA) is 46.5 Å². The van der Waals surface area contributed by atoms with Crippen molar-refractivity contribution in [2.45, 2.75) is 123 Å². The zero-order valence-corrected chi connectivity index (χ0v) is 19.3. The van der Waals surface area contributed by atoms with Gasteiger partial charge in [0.1, 0.15) is 6.10 Å². The van der Waals surface area contributed by atoms with Crippen LogP contribution in [-0.2, 0) is 9.53 Å². The van der Waals surface area contributed by atoms with Crippen LogP contribution in [0.15, 0.2) is 0 Å². The van der Waals surface area contributed by atoms with Gasteiger partial charge in [-0.1, -0.05) is 103 Å². The first-order chi connectivity index (χ1) is 11.7. The van der Waals surface area contributed by atoms with Crippen LogP contribution >= 0.6 is 0 Å². The standard InChI is InChI=1S/C21H42O3.Ca/c1-3-4-5-6-7-8-9-10-11-12-13-14-15-16-17-18-19-24-21(23)20(2)22;/h20,22H,3-19H2,1-2H3;/q;+2. The third-order valence-corrected chi connectivity index (χ3v) is 4.58. The van der Waals surface area contributed by atoms with Crippen molar-refractivity contribution >= 4 is 43.7 Å². The molecular formula is C21H42CaO3+2. The van der Waals surface area contributed by atoms with Crippen molar-refractivity contribution in [3.05, 3.63) is 0 Å². The van der Waals surface area contributed by atoms with E-state index in [0.717, 1.165) is 12.8 Å². The van der Waals surface area contributed by atoms with Gasteiger partial charge in [-0.15, -0.1) is 0 Å². The number of unbranched alkanes of at least 4 members (excludes halogenated alkanes) is 15. The van der Waals surface area contributed by atoms with Gasteiger partial charge in [0.25, 0.3) is 0 Å². The Balaban J connectivity index is 0. The van der Waals surface area contributed by atoms with E-state index in [2.05, 4.69) is 6.92 Å². The predicted molar refractivity (Wildman–Crippen MR) is 108 cm³/mol. The summed E-state index contributed by atoms with van der Waals surface area (Å²) < 4.78 is 4.93. The first-order valence-corrected chi connectivity index (χ1v) is 10.5. The van der Waals surface area contributed by atoms with E-state index in [9.17, 15) is 4.79 Å². The maximum Gasteiger partial charge on any atom is 2.00 e. The van der Waals surface area contributed by atoms with Gasteiger partial charge < -0.3 is 9.84 Å². The summed E-state index contributed by atoms with van der Waals surface area (Å²) in [5.74, 6) is -0.504. The zero-order valence-electron chi connectivity index (χ0n) is 17.1. The van der Waals surface area contributed by atoms with Gasteiger partial charge in [0.2, 0.25) is 0 Å². The number of hydrogen-bond acceptors (Lipinski definition) is 3. The second kappa shape index (κ2) is 22.7. The average molecular weight is 383 g/mol. The molecule has 0 saturated carbocycles. The van der Waals surface area contributed by atoms with E-state index in [1.54, 1.807) is 0 Å². The van der Waals surface area contributed by atoms with Crippen LogP contribution in [0.5, 0.6) is 0 Å². The average Bonchev–Trinajstić information content (AvgIpc) is 2.57.